The van der Waals surface area contributed by atoms with Crippen molar-refractivity contribution in [2.45, 2.75) is 13.8 Å². The van der Waals surface area contributed by atoms with Crippen LogP contribution in [0.1, 0.15) is 28.7 Å². The van der Waals surface area contributed by atoms with Crippen LogP contribution in [-0.4, -0.2) is 36.9 Å². The summed E-state index contributed by atoms with van der Waals surface area (Å²) in [4.78, 5) is 12.0. The quantitative estimate of drug-likeness (QED) is 0.528. The van der Waals surface area contributed by atoms with Crippen LogP contribution in [0.4, 0.5) is 10.2 Å². The molecule has 0 bridgehead atoms. The lowest BCUT2D eigenvalue weighted by Gasteiger charge is -2.05. The first-order chi connectivity index (χ1) is 12.0. The molecular formula is C14H13FN8O2. The molecule has 0 radical (unpaired) electrons. The summed E-state index contributed by atoms with van der Waals surface area (Å²) in [6.45, 7) is 3.31. The van der Waals surface area contributed by atoms with Gasteiger partial charge in [0.2, 0.25) is 11.6 Å². The summed E-state index contributed by atoms with van der Waals surface area (Å²) in [5, 5.41) is 18.9. The maximum Gasteiger partial charge on any atom is 0.274 e. The van der Waals surface area contributed by atoms with Crippen molar-refractivity contribution in [1.29, 1.82) is 0 Å². The van der Waals surface area contributed by atoms with Crippen molar-refractivity contribution in [1.82, 2.24) is 30.7 Å². The van der Waals surface area contributed by atoms with E-state index in [9.17, 15) is 9.18 Å². The normalized spacial score (nSPS) is 11.6. The van der Waals surface area contributed by atoms with Crippen molar-refractivity contribution in [3.05, 3.63) is 47.0 Å². The van der Waals surface area contributed by atoms with Gasteiger partial charge in [0, 0.05) is 0 Å². The second-order valence-corrected chi connectivity index (χ2v) is 5.03. The maximum atomic E-state index is 13.6. The Balaban J connectivity index is 1.89. The molecule has 2 aromatic heterocycles. The van der Waals surface area contributed by atoms with E-state index >= 15 is 0 Å². The Kier molecular flexibility index (Phi) is 4.20. The molecule has 0 saturated carbocycles. The van der Waals surface area contributed by atoms with Gasteiger partial charge in [-0.15, -0.1) is 5.10 Å². The third-order valence-electron chi connectivity index (χ3n) is 3.32. The molecular weight excluding hydrogens is 331 g/mol. The zero-order chi connectivity index (χ0) is 18.0. The average molecular weight is 344 g/mol. The molecule has 0 aliphatic heterocycles. The summed E-state index contributed by atoms with van der Waals surface area (Å²) in [7, 11) is 0. The number of rotatable bonds is 4. The number of nitrogens with two attached hydrogens (primary N) is 1. The van der Waals surface area contributed by atoms with Gasteiger partial charge in [-0.05, 0) is 36.3 Å². The monoisotopic (exact) mass is 344 g/mol. The van der Waals surface area contributed by atoms with E-state index in [1.165, 1.54) is 22.9 Å². The topological polar surface area (TPSA) is 137 Å². The van der Waals surface area contributed by atoms with Crippen LogP contribution in [0.3, 0.4) is 0 Å². The minimum Gasteiger partial charge on any atom is -0.378 e. The van der Waals surface area contributed by atoms with E-state index in [-0.39, 0.29) is 17.2 Å². The molecule has 10 nitrogen and oxygen atoms in total. The molecule has 1 amide bonds. The number of hydrazone groups is 1. The van der Waals surface area contributed by atoms with Gasteiger partial charge < -0.3 is 5.73 Å². The molecule has 2 heterocycles. The van der Waals surface area contributed by atoms with Crippen LogP contribution in [0.2, 0.25) is 0 Å². The Morgan fingerprint density at radius 1 is 1.36 bits per heavy atom. The van der Waals surface area contributed by atoms with Crippen LogP contribution in [0.5, 0.6) is 0 Å². The molecule has 3 N–H and O–H groups in total. The van der Waals surface area contributed by atoms with Crippen LogP contribution in [0.15, 0.2) is 34.0 Å². The van der Waals surface area contributed by atoms with Gasteiger partial charge in [0.15, 0.2) is 0 Å². The van der Waals surface area contributed by atoms with Crippen LogP contribution < -0.4 is 11.2 Å². The first-order valence-electron chi connectivity index (χ1n) is 7.09. The summed E-state index contributed by atoms with van der Waals surface area (Å²) in [5.74, 6) is -1.16. The number of hydrogen-bond donors (Lipinski definition) is 2. The van der Waals surface area contributed by atoms with Gasteiger partial charge >= 0.3 is 0 Å². The lowest BCUT2D eigenvalue weighted by Crippen LogP contribution is -2.21. The van der Waals surface area contributed by atoms with Gasteiger partial charge in [-0.3, -0.25) is 4.79 Å². The highest BCUT2D eigenvalue weighted by atomic mass is 19.1. The average Bonchev–Trinajstić information content (AvgIpc) is 3.18. The van der Waals surface area contributed by atoms with E-state index in [1.807, 2.05) is 0 Å². The highest BCUT2D eigenvalue weighted by Crippen LogP contribution is 2.15. The number of carbonyl (C=O) groups excluding carboxylic acids is 1. The number of nitrogen functional groups attached to an aromatic ring is 1. The predicted octanol–water partition coefficient (Wildman–Crippen LogP) is 0.834. The number of anilines is 1. The number of aromatic nitrogens is 5. The number of benzene rings is 1. The molecule has 3 aromatic rings. The molecule has 11 heteroatoms. The Bertz CT molecular complexity index is 961. The number of nitrogens with one attached hydrogen (secondary N) is 1. The standard InChI is InChI=1S/C14H13FN8O2/c1-7(17-19-14(24)9-5-3-4-6-10(9)15)11-8(2)18-22-23(11)13-12(16)20-25-21-13/h3-6H,1-2H3,(H2,16,20)(H,19,24)/b17-7-. The van der Waals surface area contributed by atoms with Crippen molar-refractivity contribution in [2.24, 2.45) is 5.10 Å². The Labute approximate surface area is 140 Å². The second kappa shape index (κ2) is 6.47. The minimum absolute atomic E-state index is 0.0225. The molecule has 1 aromatic carbocycles. The Hall–Kier alpha value is -3.63. The first kappa shape index (κ1) is 16.2. The number of nitrogens with zero attached hydrogens (tertiary/aromatic N) is 6. The van der Waals surface area contributed by atoms with Gasteiger partial charge in [0.05, 0.1) is 17.0 Å². The van der Waals surface area contributed by atoms with Crippen molar-refractivity contribution >= 4 is 17.4 Å². The number of halogens is 1. The summed E-state index contributed by atoms with van der Waals surface area (Å²) in [5.41, 5.74) is 9.15. The fourth-order valence-electron chi connectivity index (χ4n) is 2.15. The molecule has 0 unspecified atom stereocenters. The number of amides is 1. The third-order valence-corrected chi connectivity index (χ3v) is 3.32. The van der Waals surface area contributed by atoms with E-state index in [2.05, 4.69) is 35.8 Å². The minimum atomic E-state index is -0.684. The van der Waals surface area contributed by atoms with Crippen molar-refractivity contribution in [3.63, 3.8) is 0 Å². The van der Waals surface area contributed by atoms with Gasteiger partial charge in [0.1, 0.15) is 11.5 Å². The third kappa shape index (κ3) is 3.06. The number of aryl methyl sites for hydroxylation is 1. The Morgan fingerprint density at radius 3 is 2.80 bits per heavy atom. The summed E-state index contributed by atoms with van der Waals surface area (Å²) < 4.78 is 19.5. The van der Waals surface area contributed by atoms with Gasteiger partial charge in [-0.25, -0.2) is 14.4 Å². The summed E-state index contributed by atoms with van der Waals surface area (Å²) in [6, 6.07) is 5.59. The van der Waals surface area contributed by atoms with Crippen LogP contribution in [0, 0.1) is 12.7 Å². The molecule has 0 aliphatic carbocycles. The number of hydrogen-bond acceptors (Lipinski definition) is 8. The van der Waals surface area contributed by atoms with Gasteiger partial charge in [-0.2, -0.15) is 9.78 Å². The van der Waals surface area contributed by atoms with Crippen molar-refractivity contribution < 1.29 is 13.8 Å². The largest absolute Gasteiger partial charge is 0.378 e. The molecule has 3 rings (SSSR count). The molecule has 0 aliphatic rings. The summed E-state index contributed by atoms with van der Waals surface area (Å²) in [6.07, 6.45) is 0. The fourth-order valence-corrected chi connectivity index (χ4v) is 2.15. The van der Waals surface area contributed by atoms with E-state index < -0.39 is 11.7 Å². The highest BCUT2D eigenvalue weighted by molar-refractivity contribution is 6.00. The van der Waals surface area contributed by atoms with Crippen molar-refractivity contribution in [2.75, 3.05) is 5.73 Å². The van der Waals surface area contributed by atoms with E-state index in [4.69, 9.17) is 5.73 Å². The van der Waals surface area contributed by atoms with E-state index in [0.717, 1.165) is 0 Å². The molecule has 0 spiro atoms. The zero-order valence-corrected chi connectivity index (χ0v) is 13.3. The van der Waals surface area contributed by atoms with Gasteiger partial charge in [0.25, 0.3) is 5.91 Å². The molecule has 0 saturated heterocycles. The van der Waals surface area contributed by atoms with E-state index in [1.54, 1.807) is 19.9 Å². The SMILES string of the molecule is C/C(=N/NC(=O)c1ccccc1F)c1c(C)nnn1-c1nonc1N. The molecule has 0 atom stereocenters. The Morgan fingerprint density at radius 2 is 2.12 bits per heavy atom. The molecule has 25 heavy (non-hydrogen) atoms. The smallest absolute Gasteiger partial charge is 0.274 e. The van der Waals surface area contributed by atoms with Crippen molar-refractivity contribution in [3.8, 4) is 5.82 Å². The lowest BCUT2D eigenvalue weighted by atomic mass is 10.2. The summed E-state index contributed by atoms with van der Waals surface area (Å²) >= 11 is 0. The van der Waals surface area contributed by atoms with E-state index in [0.29, 0.717) is 17.1 Å². The molecule has 0 fully saturated rings. The van der Waals surface area contributed by atoms with Gasteiger partial charge in [-0.1, -0.05) is 17.3 Å². The predicted molar refractivity (Wildman–Crippen MR) is 84.4 cm³/mol. The number of carbonyl (C=O) groups is 1. The maximum absolute atomic E-state index is 13.6. The van der Waals surface area contributed by atoms with Crippen LogP contribution in [-0.2, 0) is 0 Å². The lowest BCUT2D eigenvalue weighted by molar-refractivity contribution is 0.0951. The fraction of sp³-hybridized carbons (Fsp3) is 0.143. The first-order valence-corrected chi connectivity index (χ1v) is 7.09. The highest BCUT2D eigenvalue weighted by Gasteiger charge is 2.20. The zero-order valence-electron chi connectivity index (χ0n) is 13.3. The van der Waals surface area contributed by atoms with Crippen LogP contribution in [0.25, 0.3) is 5.82 Å². The molecule has 128 valence electrons. The van der Waals surface area contributed by atoms with Crippen LogP contribution >= 0.6 is 0 Å². The second-order valence-electron chi connectivity index (χ2n) is 5.03.